The molecule has 0 spiro atoms. The zero-order chi connectivity index (χ0) is 44.5. The number of benzene rings is 11. The number of anilines is 6. The van der Waals surface area contributed by atoms with Crippen molar-refractivity contribution in [1.29, 1.82) is 0 Å². The summed E-state index contributed by atoms with van der Waals surface area (Å²) in [5.74, 6) is 0. The lowest BCUT2D eigenvalue weighted by Gasteiger charge is -2.31. The molecule has 1 aromatic heterocycles. The molecule has 0 aliphatic heterocycles. The first-order valence-electron chi connectivity index (χ1n) is 22.8. The molecule has 0 fully saturated rings. The van der Waals surface area contributed by atoms with Crippen LogP contribution in [0.1, 0.15) is 0 Å². The Bertz CT molecular complexity index is 3530. The van der Waals surface area contributed by atoms with E-state index in [0.29, 0.717) is 0 Å². The summed E-state index contributed by atoms with van der Waals surface area (Å²) in [6.07, 6.45) is 0. The van der Waals surface area contributed by atoms with Gasteiger partial charge in [0.15, 0.2) is 0 Å². The maximum Gasteiger partial charge on any atom is 0.138 e. The third kappa shape index (κ3) is 7.20. The second-order valence-electron chi connectivity index (χ2n) is 16.8. The molecule has 0 saturated heterocycles. The summed E-state index contributed by atoms with van der Waals surface area (Å²) < 4.78 is 7.19. The van der Waals surface area contributed by atoms with Gasteiger partial charge in [0.25, 0.3) is 0 Å². The van der Waals surface area contributed by atoms with E-state index in [1.807, 2.05) is 0 Å². The molecule has 3 nitrogen and oxygen atoms in total. The summed E-state index contributed by atoms with van der Waals surface area (Å²) >= 11 is 0. The third-order valence-corrected chi connectivity index (χ3v) is 12.9. The highest BCUT2D eigenvalue weighted by Gasteiger charge is 2.26. The van der Waals surface area contributed by atoms with E-state index >= 15 is 0 Å². The van der Waals surface area contributed by atoms with Crippen molar-refractivity contribution < 1.29 is 4.42 Å². The minimum atomic E-state index is 0.815. The normalized spacial score (nSPS) is 11.3. The molecule has 0 N–H and O–H groups in total. The highest BCUT2D eigenvalue weighted by atomic mass is 16.3. The van der Waals surface area contributed by atoms with Crippen molar-refractivity contribution in [2.75, 3.05) is 9.80 Å². The first kappa shape index (κ1) is 39.7. The summed E-state index contributed by atoms with van der Waals surface area (Å²) in [5, 5.41) is 4.41. The van der Waals surface area contributed by atoms with Crippen LogP contribution in [0.3, 0.4) is 0 Å². The smallest absolute Gasteiger partial charge is 0.138 e. The van der Waals surface area contributed by atoms with Gasteiger partial charge in [-0.05, 0) is 64.0 Å². The van der Waals surface area contributed by atoms with Crippen LogP contribution in [0.2, 0.25) is 0 Å². The highest BCUT2D eigenvalue weighted by molar-refractivity contribution is 6.23. The number of hydrogen-bond donors (Lipinski definition) is 0. The largest absolute Gasteiger partial charge is 0.456 e. The first-order valence-corrected chi connectivity index (χ1v) is 22.8. The lowest BCUT2D eigenvalue weighted by molar-refractivity contribution is 0.669. The minimum Gasteiger partial charge on any atom is -0.456 e. The molecule has 0 radical (unpaired) electrons. The average molecular weight is 857 g/mol. The van der Waals surface area contributed by atoms with Crippen LogP contribution in [-0.2, 0) is 0 Å². The van der Waals surface area contributed by atoms with Crippen molar-refractivity contribution >= 4 is 66.8 Å². The van der Waals surface area contributed by atoms with Gasteiger partial charge in [0, 0.05) is 56.2 Å². The van der Waals surface area contributed by atoms with Crippen molar-refractivity contribution in [3.05, 3.63) is 267 Å². The van der Waals surface area contributed by atoms with Crippen molar-refractivity contribution in [3.63, 3.8) is 0 Å². The Labute approximate surface area is 390 Å². The fourth-order valence-electron chi connectivity index (χ4n) is 9.85. The fraction of sp³-hybridized carbons (Fsp3) is 0. The van der Waals surface area contributed by atoms with Crippen LogP contribution >= 0.6 is 0 Å². The van der Waals surface area contributed by atoms with Gasteiger partial charge in [-0.25, -0.2) is 0 Å². The molecule has 12 aromatic rings. The van der Waals surface area contributed by atoms with Gasteiger partial charge in [-0.2, -0.15) is 0 Å². The van der Waals surface area contributed by atoms with Crippen LogP contribution < -0.4 is 9.80 Å². The molecule has 0 unspecified atom stereocenters. The van der Waals surface area contributed by atoms with E-state index in [0.717, 1.165) is 111 Å². The molecule has 11 aromatic carbocycles. The Hall–Kier alpha value is -8.92. The summed E-state index contributed by atoms with van der Waals surface area (Å²) in [6.45, 7) is 0. The van der Waals surface area contributed by atoms with Gasteiger partial charge >= 0.3 is 0 Å². The average Bonchev–Trinajstić information content (AvgIpc) is 3.78. The standard InChI is InChI=1S/C64H44N2O/c1-5-23-45(24-6-1)50-31-15-19-37-57(50)65(58-38-20-16-32-51(58)46-25-7-2-8-26-46)49-41-42-56-62(43-49)67-63-44-61(54-35-13-14-36-55(54)64(56)63)66(59-39-21-17-33-52(59)47-27-9-3-10-28-47)60-40-22-18-34-53(60)48-29-11-4-12-30-48/h1-44H. The molecule has 0 aliphatic carbocycles. The number of furan rings is 1. The lowest BCUT2D eigenvalue weighted by atomic mass is 9.96. The number of hydrogen-bond acceptors (Lipinski definition) is 3. The number of rotatable bonds is 10. The molecule has 67 heavy (non-hydrogen) atoms. The molecule has 0 saturated carbocycles. The van der Waals surface area contributed by atoms with Gasteiger partial charge in [-0.1, -0.05) is 218 Å². The molecular formula is C64H44N2O. The van der Waals surface area contributed by atoms with Gasteiger partial charge in [-0.15, -0.1) is 0 Å². The van der Waals surface area contributed by atoms with Gasteiger partial charge in [-0.3, -0.25) is 0 Å². The Morgan fingerprint density at radius 3 is 1.03 bits per heavy atom. The molecule has 0 bridgehead atoms. The van der Waals surface area contributed by atoms with Crippen LogP contribution in [0.15, 0.2) is 271 Å². The van der Waals surface area contributed by atoms with Crippen LogP contribution in [0, 0.1) is 0 Å². The molecule has 0 aliphatic rings. The zero-order valence-electron chi connectivity index (χ0n) is 36.7. The summed E-state index contributed by atoms with van der Waals surface area (Å²) in [7, 11) is 0. The second-order valence-corrected chi connectivity index (χ2v) is 16.8. The van der Waals surface area contributed by atoms with Crippen LogP contribution in [0.5, 0.6) is 0 Å². The first-order chi connectivity index (χ1) is 33.3. The van der Waals surface area contributed by atoms with Crippen molar-refractivity contribution in [2.24, 2.45) is 0 Å². The monoisotopic (exact) mass is 856 g/mol. The number of para-hydroxylation sites is 4. The predicted octanol–water partition coefficient (Wildman–Crippen LogP) is 18.3. The molecule has 3 heteroatoms. The summed E-state index contributed by atoms with van der Waals surface area (Å²) in [4.78, 5) is 4.83. The fourth-order valence-corrected chi connectivity index (χ4v) is 9.85. The van der Waals surface area contributed by atoms with E-state index < -0.39 is 0 Å². The molecule has 1 heterocycles. The summed E-state index contributed by atoms with van der Waals surface area (Å²) in [6, 6.07) is 95.3. The van der Waals surface area contributed by atoms with Crippen LogP contribution in [0.25, 0.3) is 77.2 Å². The van der Waals surface area contributed by atoms with E-state index in [2.05, 4.69) is 277 Å². The van der Waals surface area contributed by atoms with Crippen molar-refractivity contribution in [1.82, 2.24) is 0 Å². The quantitative estimate of drug-likeness (QED) is 0.137. The lowest BCUT2D eigenvalue weighted by Crippen LogP contribution is -2.13. The number of nitrogens with zero attached hydrogens (tertiary/aromatic N) is 2. The highest BCUT2D eigenvalue weighted by Crippen LogP contribution is 2.51. The second kappa shape index (κ2) is 17.2. The van der Waals surface area contributed by atoms with E-state index in [1.165, 1.54) is 0 Å². The Morgan fingerprint density at radius 1 is 0.239 bits per heavy atom. The zero-order valence-corrected chi connectivity index (χ0v) is 36.7. The van der Waals surface area contributed by atoms with Gasteiger partial charge in [0.05, 0.1) is 28.4 Å². The summed E-state index contributed by atoms with van der Waals surface area (Å²) in [5.41, 5.74) is 17.1. The van der Waals surface area contributed by atoms with Crippen LogP contribution in [-0.4, -0.2) is 0 Å². The minimum absolute atomic E-state index is 0.815. The SMILES string of the molecule is c1ccc(-c2ccccc2N(c2ccc3c(c2)oc2cc(N(c4ccccc4-c4ccccc4)c4ccccc4-c4ccccc4)c4ccccc4c23)c2ccccc2-c2ccccc2)cc1. The maximum atomic E-state index is 7.19. The Kier molecular flexibility index (Phi) is 10.2. The van der Waals surface area contributed by atoms with Gasteiger partial charge < -0.3 is 14.2 Å². The molecule has 0 amide bonds. The van der Waals surface area contributed by atoms with Gasteiger partial charge in [0.2, 0.25) is 0 Å². The van der Waals surface area contributed by atoms with Crippen LogP contribution in [0.4, 0.5) is 34.1 Å². The third-order valence-electron chi connectivity index (χ3n) is 12.9. The molecule has 0 atom stereocenters. The molecular weight excluding hydrogens is 813 g/mol. The molecule has 316 valence electrons. The van der Waals surface area contributed by atoms with E-state index in [9.17, 15) is 0 Å². The Balaban J connectivity index is 1.11. The van der Waals surface area contributed by atoms with E-state index in [1.54, 1.807) is 0 Å². The number of fused-ring (bicyclic) bond motifs is 5. The molecule has 12 rings (SSSR count). The van der Waals surface area contributed by atoms with Crippen molar-refractivity contribution in [3.8, 4) is 44.5 Å². The maximum absolute atomic E-state index is 7.19. The van der Waals surface area contributed by atoms with Gasteiger partial charge in [0.1, 0.15) is 11.2 Å². The topological polar surface area (TPSA) is 19.6 Å². The van der Waals surface area contributed by atoms with E-state index in [4.69, 9.17) is 4.42 Å². The van der Waals surface area contributed by atoms with Crippen molar-refractivity contribution in [2.45, 2.75) is 0 Å². The van der Waals surface area contributed by atoms with E-state index in [-0.39, 0.29) is 0 Å². The Morgan fingerprint density at radius 2 is 0.597 bits per heavy atom. The predicted molar refractivity (Wildman–Crippen MR) is 282 cm³/mol.